The zero-order valence-corrected chi connectivity index (χ0v) is 13.2. The van der Waals surface area contributed by atoms with Crippen LogP contribution in [0, 0.1) is 0 Å². The predicted octanol–water partition coefficient (Wildman–Crippen LogP) is 3.77. The van der Waals surface area contributed by atoms with E-state index >= 15 is 0 Å². The lowest BCUT2D eigenvalue weighted by Crippen LogP contribution is -2.21. The molecule has 0 atom stereocenters. The molecule has 2 N–H and O–H groups in total. The second-order valence-electron chi connectivity index (χ2n) is 5.34. The topological polar surface area (TPSA) is 69.2 Å². The summed E-state index contributed by atoms with van der Waals surface area (Å²) in [5.74, 6) is -0.194. The first-order valence-corrected chi connectivity index (χ1v) is 7.70. The molecule has 23 heavy (non-hydrogen) atoms. The molecular weight excluding hydrogens is 290 g/mol. The van der Waals surface area contributed by atoms with Crippen molar-refractivity contribution in [1.29, 1.82) is 0 Å². The number of hydrogen-bond donors (Lipinski definition) is 2. The molecule has 1 aromatic heterocycles. The molecule has 0 saturated heterocycles. The highest BCUT2D eigenvalue weighted by Crippen LogP contribution is 2.24. The molecule has 0 aliphatic carbocycles. The van der Waals surface area contributed by atoms with Gasteiger partial charge in [0.25, 0.3) is 0 Å². The number of nitrogens with zero attached hydrogens (tertiary/aromatic N) is 2. The smallest absolute Gasteiger partial charge is 0.335 e. The van der Waals surface area contributed by atoms with Crippen LogP contribution in [-0.4, -0.2) is 34.1 Å². The molecule has 0 bridgehead atoms. The molecule has 0 aliphatic heterocycles. The van der Waals surface area contributed by atoms with E-state index in [0.717, 1.165) is 35.5 Å². The Morgan fingerprint density at radius 3 is 2.43 bits per heavy atom. The summed E-state index contributed by atoms with van der Waals surface area (Å²) in [5.41, 5.74) is 3.91. The number of anilines is 1. The normalized spacial score (nSPS) is 10.9. The summed E-state index contributed by atoms with van der Waals surface area (Å²) in [4.78, 5) is 21.1. The summed E-state index contributed by atoms with van der Waals surface area (Å²) >= 11 is 0. The van der Waals surface area contributed by atoms with Gasteiger partial charge in [-0.1, -0.05) is 0 Å². The molecule has 0 radical (unpaired) electrons. The van der Waals surface area contributed by atoms with E-state index in [1.165, 1.54) is 5.69 Å². The van der Waals surface area contributed by atoms with Gasteiger partial charge in [0.2, 0.25) is 0 Å². The molecule has 0 aliphatic rings. The Kier molecular flexibility index (Phi) is 4.02. The number of nitrogens with one attached hydrogen (secondary N) is 1. The zero-order valence-electron chi connectivity index (χ0n) is 13.2. The Morgan fingerprint density at radius 2 is 1.83 bits per heavy atom. The van der Waals surface area contributed by atoms with Gasteiger partial charge in [0.05, 0.1) is 16.6 Å². The second kappa shape index (κ2) is 6.12. The van der Waals surface area contributed by atoms with Crippen molar-refractivity contribution < 1.29 is 9.90 Å². The van der Waals surface area contributed by atoms with E-state index in [9.17, 15) is 4.79 Å². The molecule has 0 unspecified atom stereocenters. The molecule has 0 amide bonds. The number of carbonyl (C=O) groups is 1. The van der Waals surface area contributed by atoms with Crippen LogP contribution in [0.4, 0.5) is 5.69 Å². The van der Waals surface area contributed by atoms with E-state index in [-0.39, 0.29) is 5.56 Å². The van der Waals surface area contributed by atoms with Gasteiger partial charge in [-0.2, -0.15) is 0 Å². The summed E-state index contributed by atoms with van der Waals surface area (Å²) < 4.78 is 0. The van der Waals surface area contributed by atoms with E-state index in [2.05, 4.69) is 40.8 Å². The molecule has 3 rings (SSSR count). The Labute approximate surface area is 134 Å². The van der Waals surface area contributed by atoms with Gasteiger partial charge in [0.1, 0.15) is 5.82 Å². The third-order valence-electron chi connectivity index (χ3n) is 4.00. The molecule has 5 nitrogen and oxygen atoms in total. The van der Waals surface area contributed by atoms with Gasteiger partial charge in [-0.3, -0.25) is 0 Å². The fourth-order valence-electron chi connectivity index (χ4n) is 2.70. The molecule has 0 fully saturated rings. The first kappa shape index (κ1) is 15.1. The third-order valence-corrected chi connectivity index (χ3v) is 4.00. The number of carboxylic acid groups (broad SMARTS) is 1. The number of fused-ring (bicyclic) bond motifs is 1. The Bertz CT molecular complexity index is 833. The number of carboxylic acids is 1. The molecule has 118 valence electrons. The van der Waals surface area contributed by atoms with Crippen molar-refractivity contribution in [3.05, 3.63) is 48.0 Å². The maximum absolute atomic E-state index is 11.0. The van der Waals surface area contributed by atoms with Crippen LogP contribution in [0.2, 0.25) is 0 Å². The van der Waals surface area contributed by atoms with Crippen molar-refractivity contribution >= 4 is 22.7 Å². The van der Waals surface area contributed by atoms with Crippen molar-refractivity contribution in [2.45, 2.75) is 13.8 Å². The van der Waals surface area contributed by atoms with Crippen LogP contribution in [0.5, 0.6) is 0 Å². The Morgan fingerprint density at radius 1 is 1.13 bits per heavy atom. The van der Waals surface area contributed by atoms with Crippen molar-refractivity contribution in [3.63, 3.8) is 0 Å². The van der Waals surface area contributed by atoms with Crippen molar-refractivity contribution in [1.82, 2.24) is 9.97 Å². The Balaban J connectivity index is 1.95. The summed E-state index contributed by atoms with van der Waals surface area (Å²) in [6.07, 6.45) is 0. The van der Waals surface area contributed by atoms with E-state index in [0.29, 0.717) is 0 Å². The van der Waals surface area contributed by atoms with Crippen LogP contribution < -0.4 is 4.90 Å². The van der Waals surface area contributed by atoms with Crippen LogP contribution >= 0.6 is 0 Å². The minimum atomic E-state index is -0.938. The highest BCUT2D eigenvalue weighted by molar-refractivity contribution is 5.93. The minimum absolute atomic E-state index is 0.254. The third kappa shape index (κ3) is 2.90. The molecular formula is C18H19N3O2. The maximum Gasteiger partial charge on any atom is 0.335 e. The van der Waals surface area contributed by atoms with Crippen molar-refractivity contribution in [3.8, 4) is 11.4 Å². The molecule has 3 aromatic rings. The average molecular weight is 309 g/mol. The minimum Gasteiger partial charge on any atom is -0.478 e. The maximum atomic E-state index is 11.0. The van der Waals surface area contributed by atoms with E-state index < -0.39 is 5.97 Å². The number of rotatable bonds is 5. The van der Waals surface area contributed by atoms with Crippen molar-refractivity contribution in [2.75, 3.05) is 18.0 Å². The number of imidazole rings is 1. The highest BCUT2D eigenvalue weighted by Gasteiger charge is 2.09. The van der Waals surface area contributed by atoms with Gasteiger partial charge >= 0.3 is 5.97 Å². The largest absolute Gasteiger partial charge is 0.478 e. The molecule has 2 aromatic carbocycles. The van der Waals surface area contributed by atoms with Gasteiger partial charge in [0.15, 0.2) is 0 Å². The van der Waals surface area contributed by atoms with Gasteiger partial charge in [-0.25, -0.2) is 9.78 Å². The van der Waals surface area contributed by atoms with Crippen LogP contribution in [0.3, 0.4) is 0 Å². The van der Waals surface area contributed by atoms with Crippen LogP contribution in [-0.2, 0) is 0 Å². The van der Waals surface area contributed by atoms with Gasteiger partial charge in [0, 0.05) is 24.3 Å². The molecule has 5 heteroatoms. The predicted molar refractivity (Wildman–Crippen MR) is 92.1 cm³/mol. The number of aromatic nitrogens is 2. The number of benzene rings is 2. The van der Waals surface area contributed by atoms with Crippen molar-refractivity contribution in [2.24, 2.45) is 0 Å². The first-order chi connectivity index (χ1) is 11.1. The SMILES string of the molecule is CCN(CC)c1ccc(-c2nc3ccc(C(=O)O)cc3[nH]2)cc1. The summed E-state index contributed by atoms with van der Waals surface area (Å²) in [7, 11) is 0. The fraction of sp³-hybridized carbons (Fsp3) is 0.222. The standard InChI is InChI=1S/C18H19N3O2/c1-3-21(4-2)14-8-5-12(6-9-14)17-19-15-10-7-13(18(22)23)11-16(15)20-17/h5-11H,3-4H2,1-2H3,(H,19,20)(H,22,23). The zero-order chi connectivity index (χ0) is 16.4. The number of aromatic carboxylic acids is 1. The first-order valence-electron chi connectivity index (χ1n) is 7.70. The monoisotopic (exact) mass is 309 g/mol. The Hall–Kier alpha value is -2.82. The molecule has 0 spiro atoms. The van der Waals surface area contributed by atoms with Crippen LogP contribution in [0.25, 0.3) is 22.4 Å². The average Bonchev–Trinajstić information content (AvgIpc) is 2.99. The van der Waals surface area contributed by atoms with Crippen LogP contribution in [0.15, 0.2) is 42.5 Å². The van der Waals surface area contributed by atoms with E-state index in [1.807, 2.05) is 12.1 Å². The summed E-state index contributed by atoms with van der Waals surface area (Å²) in [5, 5.41) is 9.06. The van der Waals surface area contributed by atoms with E-state index in [4.69, 9.17) is 5.11 Å². The highest BCUT2D eigenvalue weighted by atomic mass is 16.4. The molecule has 1 heterocycles. The summed E-state index contributed by atoms with van der Waals surface area (Å²) in [6, 6.07) is 13.1. The van der Waals surface area contributed by atoms with Gasteiger partial charge in [-0.05, 0) is 56.3 Å². The van der Waals surface area contributed by atoms with Gasteiger partial charge < -0.3 is 15.0 Å². The lowest BCUT2D eigenvalue weighted by molar-refractivity contribution is 0.0697. The number of H-pyrrole nitrogens is 1. The quantitative estimate of drug-likeness (QED) is 0.752. The lowest BCUT2D eigenvalue weighted by Gasteiger charge is -2.20. The fourth-order valence-corrected chi connectivity index (χ4v) is 2.70. The number of hydrogen-bond acceptors (Lipinski definition) is 3. The summed E-state index contributed by atoms with van der Waals surface area (Å²) in [6.45, 7) is 6.21. The number of aromatic amines is 1. The van der Waals surface area contributed by atoms with Crippen LogP contribution in [0.1, 0.15) is 24.2 Å². The molecule has 0 saturated carbocycles. The lowest BCUT2D eigenvalue weighted by atomic mass is 10.2. The van der Waals surface area contributed by atoms with Gasteiger partial charge in [-0.15, -0.1) is 0 Å². The van der Waals surface area contributed by atoms with E-state index in [1.54, 1.807) is 18.2 Å². The second-order valence-corrected chi connectivity index (χ2v) is 5.34.